The molecule has 0 aromatic heterocycles. The van der Waals surface area contributed by atoms with Crippen molar-refractivity contribution >= 4 is 0 Å². The molecule has 0 unspecified atom stereocenters. The normalized spacial score (nSPS) is 12.8. The summed E-state index contributed by atoms with van der Waals surface area (Å²) in [5, 5.41) is 0. The molecule has 0 saturated carbocycles. The van der Waals surface area contributed by atoms with Crippen LogP contribution in [0.15, 0.2) is 194 Å². The average Bonchev–Trinajstić information content (AvgIpc) is 3.15. The van der Waals surface area contributed by atoms with Crippen molar-refractivity contribution in [3.63, 3.8) is 0 Å². The minimum atomic E-state index is 0.196. The summed E-state index contributed by atoms with van der Waals surface area (Å²) < 4.78 is 0. The van der Waals surface area contributed by atoms with E-state index in [1.165, 1.54) is 33.4 Å². The van der Waals surface area contributed by atoms with Gasteiger partial charge in [-0.15, -0.1) is 0 Å². The second kappa shape index (κ2) is 17.8. The maximum absolute atomic E-state index is 2.65. The van der Waals surface area contributed by atoms with Crippen LogP contribution >= 0.6 is 0 Å². The molecule has 0 aliphatic carbocycles. The van der Waals surface area contributed by atoms with Gasteiger partial charge in [0.05, 0.1) is 0 Å². The van der Waals surface area contributed by atoms with E-state index in [2.05, 4.69) is 204 Å². The van der Waals surface area contributed by atoms with E-state index >= 15 is 0 Å². The Morgan fingerprint density at radius 2 is 0.500 bits per heavy atom. The highest BCUT2D eigenvalue weighted by Crippen LogP contribution is 2.22. The summed E-state index contributed by atoms with van der Waals surface area (Å²) in [4.78, 5) is 5.29. The fourth-order valence-corrected chi connectivity index (χ4v) is 6.46. The second-order valence-corrected chi connectivity index (χ2v) is 12.7. The molecule has 6 aromatic carbocycles. The Balaban J connectivity index is 1.39. The van der Waals surface area contributed by atoms with Crippen molar-refractivity contribution in [1.82, 2.24) is 9.80 Å². The van der Waals surface area contributed by atoms with E-state index in [1.807, 2.05) is 0 Å². The lowest BCUT2D eigenvalue weighted by atomic mass is 9.98. The molecule has 2 nitrogen and oxygen atoms in total. The molecule has 6 aromatic rings. The molecule has 48 heavy (non-hydrogen) atoms. The molecule has 0 amide bonds. The van der Waals surface area contributed by atoms with Crippen LogP contribution in [0.3, 0.4) is 0 Å². The molecule has 0 fully saturated rings. The van der Waals surface area contributed by atoms with Crippen LogP contribution in [0.5, 0.6) is 0 Å². The van der Waals surface area contributed by atoms with Crippen molar-refractivity contribution < 1.29 is 0 Å². The standard InChI is InChI=1S/C46H46N2/c1-7-19-39(20-8-1)33-45(47(35-41-23-11-3-12-24-41)36-42-25-13-4-14-26-42)31-32-46(34-40-21-9-2-10-22-40)48(37-43-27-15-5-16-28-43)38-44-29-17-6-18-30-44/h1-32,45-46H,33-38H2/b32-31+/t45-,46-/m1/s1. The van der Waals surface area contributed by atoms with Crippen LogP contribution < -0.4 is 0 Å². The van der Waals surface area contributed by atoms with E-state index in [4.69, 9.17) is 0 Å². The highest BCUT2D eigenvalue weighted by Gasteiger charge is 2.22. The van der Waals surface area contributed by atoms with E-state index in [0.29, 0.717) is 0 Å². The molecular weight excluding hydrogens is 581 g/mol. The first-order chi connectivity index (χ1) is 23.8. The van der Waals surface area contributed by atoms with E-state index < -0.39 is 0 Å². The lowest BCUT2D eigenvalue weighted by Gasteiger charge is -2.33. The van der Waals surface area contributed by atoms with E-state index in [-0.39, 0.29) is 12.1 Å². The zero-order chi connectivity index (χ0) is 32.6. The summed E-state index contributed by atoms with van der Waals surface area (Å²) in [5.41, 5.74) is 8.02. The maximum Gasteiger partial charge on any atom is 0.0326 e. The molecular formula is C46H46N2. The zero-order valence-electron chi connectivity index (χ0n) is 27.8. The van der Waals surface area contributed by atoms with Crippen LogP contribution in [0.4, 0.5) is 0 Å². The second-order valence-electron chi connectivity index (χ2n) is 12.7. The zero-order valence-corrected chi connectivity index (χ0v) is 27.8. The van der Waals surface area contributed by atoms with Crippen molar-refractivity contribution in [1.29, 1.82) is 0 Å². The number of rotatable bonds is 16. The van der Waals surface area contributed by atoms with Crippen LogP contribution in [0.2, 0.25) is 0 Å². The molecule has 0 bridgehead atoms. The topological polar surface area (TPSA) is 6.48 Å². The lowest BCUT2D eigenvalue weighted by Crippen LogP contribution is -2.37. The van der Waals surface area contributed by atoms with Gasteiger partial charge in [0, 0.05) is 38.3 Å². The van der Waals surface area contributed by atoms with Gasteiger partial charge in [-0.05, 0) is 46.2 Å². The summed E-state index contributed by atoms with van der Waals surface area (Å²) in [7, 11) is 0. The van der Waals surface area contributed by atoms with E-state index in [9.17, 15) is 0 Å². The SMILES string of the molecule is C(=C\[C@H](Cc1ccccc1)N(Cc1ccccc1)Cc1ccccc1)/[C@H](Cc1ccccc1)N(Cc1ccccc1)Cc1ccccc1. The summed E-state index contributed by atoms with van der Waals surface area (Å²) in [6.07, 6.45) is 6.89. The van der Waals surface area contributed by atoms with Gasteiger partial charge in [0.25, 0.3) is 0 Å². The minimum absolute atomic E-state index is 0.196. The van der Waals surface area contributed by atoms with Gasteiger partial charge in [-0.1, -0.05) is 194 Å². The predicted octanol–water partition coefficient (Wildman–Crippen LogP) is 10.2. The fourth-order valence-electron chi connectivity index (χ4n) is 6.46. The number of benzene rings is 6. The van der Waals surface area contributed by atoms with Gasteiger partial charge in [-0.25, -0.2) is 0 Å². The largest absolute Gasteiger partial charge is 0.288 e. The van der Waals surface area contributed by atoms with Gasteiger partial charge < -0.3 is 0 Å². The molecule has 0 saturated heterocycles. The van der Waals surface area contributed by atoms with E-state index in [1.54, 1.807) is 0 Å². The van der Waals surface area contributed by atoms with Gasteiger partial charge in [0.15, 0.2) is 0 Å². The van der Waals surface area contributed by atoms with Gasteiger partial charge in [-0.3, -0.25) is 9.80 Å². The van der Waals surface area contributed by atoms with Crippen molar-refractivity contribution in [2.45, 2.75) is 51.1 Å². The Kier molecular flexibility index (Phi) is 12.2. The minimum Gasteiger partial charge on any atom is -0.288 e. The van der Waals surface area contributed by atoms with Crippen LogP contribution in [0, 0.1) is 0 Å². The molecule has 0 N–H and O–H groups in total. The smallest absolute Gasteiger partial charge is 0.0326 e. The predicted molar refractivity (Wildman–Crippen MR) is 201 cm³/mol. The Bertz CT molecular complexity index is 1540. The highest BCUT2D eigenvalue weighted by molar-refractivity contribution is 5.24. The monoisotopic (exact) mass is 626 g/mol. The highest BCUT2D eigenvalue weighted by atomic mass is 15.2. The van der Waals surface area contributed by atoms with Crippen LogP contribution in [-0.4, -0.2) is 21.9 Å². The summed E-state index contributed by atoms with van der Waals surface area (Å²) in [6.45, 7) is 3.49. The Morgan fingerprint density at radius 3 is 0.729 bits per heavy atom. The summed E-state index contributed by atoms with van der Waals surface area (Å²) in [6, 6.07) is 66.0. The van der Waals surface area contributed by atoms with Gasteiger partial charge in [0.2, 0.25) is 0 Å². The van der Waals surface area contributed by atoms with Crippen molar-refractivity contribution in [3.8, 4) is 0 Å². The summed E-state index contributed by atoms with van der Waals surface area (Å²) >= 11 is 0. The Morgan fingerprint density at radius 1 is 0.292 bits per heavy atom. The van der Waals surface area contributed by atoms with Gasteiger partial charge >= 0.3 is 0 Å². The van der Waals surface area contributed by atoms with Crippen LogP contribution in [-0.2, 0) is 39.0 Å². The molecule has 0 spiro atoms. The molecule has 6 rings (SSSR count). The summed E-state index contributed by atoms with van der Waals surface area (Å²) in [5.74, 6) is 0. The van der Waals surface area contributed by atoms with Crippen molar-refractivity contribution in [2.75, 3.05) is 0 Å². The molecule has 0 aliphatic rings. The first-order valence-corrected chi connectivity index (χ1v) is 17.2. The van der Waals surface area contributed by atoms with E-state index in [0.717, 1.165) is 39.0 Å². The van der Waals surface area contributed by atoms with Crippen molar-refractivity contribution in [2.24, 2.45) is 0 Å². The van der Waals surface area contributed by atoms with Crippen molar-refractivity contribution in [3.05, 3.63) is 228 Å². The molecule has 0 aliphatic heterocycles. The quantitative estimate of drug-likeness (QED) is 0.0987. The third-order valence-corrected chi connectivity index (χ3v) is 8.98. The number of hydrogen-bond donors (Lipinski definition) is 0. The number of nitrogens with zero attached hydrogens (tertiary/aromatic N) is 2. The molecule has 2 atom stereocenters. The molecule has 0 radical (unpaired) electrons. The third kappa shape index (κ3) is 10.2. The van der Waals surface area contributed by atoms with Crippen LogP contribution in [0.25, 0.3) is 0 Å². The molecule has 0 heterocycles. The Labute approximate surface area is 287 Å². The average molecular weight is 627 g/mol. The maximum atomic E-state index is 2.65. The van der Waals surface area contributed by atoms with Gasteiger partial charge in [0.1, 0.15) is 0 Å². The Hall–Kier alpha value is -5.02. The number of hydrogen-bond acceptors (Lipinski definition) is 2. The third-order valence-electron chi connectivity index (χ3n) is 8.98. The lowest BCUT2D eigenvalue weighted by molar-refractivity contribution is 0.198. The first kappa shape index (κ1) is 32.9. The fraction of sp³-hybridized carbons (Fsp3) is 0.174. The first-order valence-electron chi connectivity index (χ1n) is 17.2. The molecule has 240 valence electrons. The molecule has 2 heteroatoms. The van der Waals surface area contributed by atoms with Gasteiger partial charge in [-0.2, -0.15) is 0 Å². The van der Waals surface area contributed by atoms with Crippen LogP contribution in [0.1, 0.15) is 33.4 Å².